The van der Waals surface area contributed by atoms with E-state index in [1.165, 1.54) is 25.9 Å². The summed E-state index contributed by atoms with van der Waals surface area (Å²) in [5, 5.41) is 3.36. The maximum atomic E-state index is 4.02. The quantitative estimate of drug-likeness (QED) is 0.617. The molecule has 0 radical (unpaired) electrons. The normalized spacial score (nSPS) is 28.7. The van der Waals surface area contributed by atoms with Crippen LogP contribution >= 0.6 is 0 Å². The van der Waals surface area contributed by atoms with Crippen molar-refractivity contribution in [3.63, 3.8) is 0 Å². The summed E-state index contributed by atoms with van der Waals surface area (Å²) in [5.74, 6) is 4.83. The van der Waals surface area contributed by atoms with Gasteiger partial charge in [0, 0.05) is 6.04 Å². The predicted molar refractivity (Wildman–Crippen MR) is 58.0 cm³/mol. The summed E-state index contributed by atoms with van der Waals surface area (Å²) in [5.41, 5.74) is 0. The number of hydrogen-bond acceptors (Lipinski definition) is 3. The van der Waals surface area contributed by atoms with Gasteiger partial charge < -0.3 is 10.2 Å². The molecule has 1 N–H and O–H groups in total. The van der Waals surface area contributed by atoms with Gasteiger partial charge in [0.1, 0.15) is 5.84 Å². The van der Waals surface area contributed by atoms with E-state index in [2.05, 4.69) is 34.2 Å². The molecule has 2 aliphatic rings. The summed E-state index contributed by atoms with van der Waals surface area (Å²) in [6, 6.07) is 3.19. The molecule has 1 unspecified atom stereocenters. The number of hydrogen-bond donors (Lipinski definition) is 1. The lowest BCUT2D eigenvalue weighted by molar-refractivity contribution is 0.206. The van der Waals surface area contributed by atoms with Crippen LogP contribution in [0.1, 0.15) is 19.8 Å². The average molecular weight is 191 g/mol. The second kappa shape index (κ2) is 4.02. The Labute approximate surface area is 85.6 Å². The fraction of sp³-hybridized carbons (Fsp3) is 0.727. The van der Waals surface area contributed by atoms with E-state index < -0.39 is 0 Å². The first-order valence-electron chi connectivity index (χ1n) is 5.25. The molecule has 3 nitrogen and oxygen atoms in total. The third-order valence-corrected chi connectivity index (χ3v) is 3.04. The summed E-state index contributed by atoms with van der Waals surface area (Å²) in [7, 11) is 2.18. The average Bonchev–Trinajstić information content (AvgIpc) is 2.19. The van der Waals surface area contributed by atoms with Crippen LogP contribution in [0.3, 0.4) is 0 Å². The van der Waals surface area contributed by atoms with Crippen LogP contribution in [0, 0.1) is 17.9 Å². The van der Waals surface area contributed by atoms with E-state index in [9.17, 15) is 0 Å². The third-order valence-electron chi connectivity index (χ3n) is 3.04. The molecule has 0 aromatic carbocycles. The lowest BCUT2D eigenvalue weighted by Gasteiger charge is -2.33. The molecule has 1 atom stereocenters. The van der Waals surface area contributed by atoms with Crippen LogP contribution in [0.25, 0.3) is 0 Å². The van der Waals surface area contributed by atoms with Gasteiger partial charge in [-0.1, -0.05) is 5.92 Å². The fourth-order valence-electron chi connectivity index (χ4n) is 2.08. The molecular weight excluding hydrogens is 174 g/mol. The van der Waals surface area contributed by atoms with Crippen molar-refractivity contribution in [3.8, 4) is 12.0 Å². The van der Waals surface area contributed by atoms with Crippen molar-refractivity contribution in [2.24, 2.45) is 10.9 Å². The number of rotatable bonds is 1. The molecule has 2 rings (SSSR count). The van der Waals surface area contributed by atoms with E-state index in [1.54, 1.807) is 0 Å². The number of nitrogens with zero attached hydrogens (tertiary/aromatic N) is 2. The van der Waals surface area contributed by atoms with Gasteiger partial charge in [-0.3, -0.25) is 0 Å². The Balaban J connectivity index is 1.93. The lowest BCUT2D eigenvalue weighted by Crippen LogP contribution is -2.44. The molecule has 2 aliphatic heterocycles. The topological polar surface area (TPSA) is 27.6 Å². The zero-order valence-corrected chi connectivity index (χ0v) is 8.88. The van der Waals surface area contributed by atoms with Crippen LogP contribution in [0.5, 0.6) is 0 Å². The Hall–Kier alpha value is -1.01. The van der Waals surface area contributed by atoms with Gasteiger partial charge in [0.25, 0.3) is 0 Å². The van der Waals surface area contributed by atoms with Crippen LogP contribution in [0.4, 0.5) is 0 Å². The van der Waals surface area contributed by atoms with E-state index in [4.69, 9.17) is 0 Å². The van der Waals surface area contributed by atoms with Gasteiger partial charge in [-0.05, 0) is 45.8 Å². The van der Waals surface area contributed by atoms with Crippen molar-refractivity contribution in [2.75, 3.05) is 20.1 Å². The molecule has 0 spiro atoms. The molecule has 1 saturated heterocycles. The molecule has 0 aliphatic carbocycles. The van der Waals surface area contributed by atoms with E-state index in [0.717, 1.165) is 5.84 Å². The number of likely N-dealkylation sites (tertiary alicyclic amines) is 1. The first-order valence-corrected chi connectivity index (χ1v) is 5.25. The van der Waals surface area contributed by atoms with Gasteiger partial charge in [0.15, 0.2) is 0 Å². The van der Waals surface area contributed by atoms with Crippen LogP contribution in [-0.4, -0.2) is 36.9 Å². The van der Waals surface area contributed by atoms with E-state index in [0.29, 0.717) is 12.0 Å². The first kappa shape index (κ1) is 9.54. The van der Waals surface area contributed by atoms with Crippen LogP contribution in [0.15, 0.2) is 4.99 Å². The number of amidine groups is 1. The highest BCUT2D eigenvalue weighted by Crippen LogP contribution is 2.20. The van der Waals surface area contributed by atoms with E-state index >= 15 is 0 Å². The number of nitrogens with one attached hydrogen (secondary N) is 1. The monoisotopic (exact) mass is 191 g/mol. The summed E-state index contributed by atoms with van der Waals surface area (Å²) in [4.78, 5) is 6.41. The number of aliphatic imine (C=N–C) groups is 1. The smallest absolute Gasteiger partial charge is 0.110 e. The zero-order valence-electron chi connectivity index (χ0n) is 8.88. The van der Waals surface area contributed by atoms with Crippen LogP contribution in [0.2, 0.25) is 0 Å². The number of piperidine rings is 1. The molecule has 0 saturated carbocycles. The van der Waals surface area contributed by atoms with Crippen LogP contribution in [-0.2, 0) is 0 Å². The molecule has 0 aromatic heterocycles. The van der Waals surface area contributed by atoms with E-state index in [-0.39, 0.29) is 0 Å². The highest BCUT2D eigenvalue weighted by atomic mass is 15.1. The van der Waals surface area contributed by atoms with Gasteiger partial charge in [-0.15, -0.1) is 0 Å². The summed E-state index contributed by atoms with van der Waals surface area (Å²) < 4.78 is 0. The Morgan fingerprint density at radius 3 is 2.79 bits per heavy atom. The largest absolute Gasteiger partial charge is 0.359 e. The maximum Gasteiger partial charge on any atom is 0.110 e. The standard InChI is InChI=1S/C11H17N3/c1-9-12-6-3-11(13-9)10-4-7-14(2)8-5-10/h10-11H,4-5,7-8H2,1-2H3,(H,12,13). The van der Waals surface area contributed by atoms with Gasteiger partial charge in [-0.25, -0.2) is 0 Å². The van der Waals surface area contributed by atoms with Crippen molar-refractivity contribution in [1.29, 1.82) is 0 Å². The van der Waals surface area contributed by atoms with Crippen molar-refractivity contribution in [3.05, 3.63) is 0 Å². The summed E-state index contributed by atoms with van der Waals surface area (Å²) >= 11 is 0. The molecular formula is C11H17N3. The second-order valence-electron chi connectivity index (χ2n) is 4.22. The molecule has 3 heteroatoms. The molecule has 14 heavy (non-hydrogen) atoms. The van der Waals surface area contributed by atoms with Crippen molar-refractivity contribution < 1.29 is 0 Å². The van der Waals surface area contributed by atoms with Gasteiger partial charge in [0.05, 0.1) is 6.04 Å². The van der Waals surface area contributed by atoms with Crippen molar-refractivity contribution in [1.82, 2.24) is 10.2 Å². The fourth-order valence-corrected chi connectivity index (χ4v) is 2.08. The van der Waals surface area contributed by atoms with Gasteiger partial charge >= 0.3 is 0 Å². The SMILES string of the molecule is CC1=NC#CC(C2CCN(C)CC2)N1. The minimum atomic E-state index is 0.334. The highest BCUT2D eigenvalue weighted by Gasteiger charge is 2.24. The highest BCUT2D eigenvalue weighted by molar-refractivity contribution is 5.82. The second-order valence-corrected chi connectivity index (χ2v) is 4.22. The third kappa shape index (κ3) is 2.08. The first-order chi connectivity index (χ1) is 6.75. The summed E-state index contributed by atoms with van der Waals surface area (Å²) in [6.07, 6.45) is 2.49. The summed E-state index contributed by atoms with van der Waals surface area (Å²) in [6.45, 7) is 4.37. The van der Waals surface area contributed by atoms with Gasteiger partial charge in [-0.2, -0.15) is 4.99 Å². The Morgan fingerprint density at radius 1 is 1.43 bits per heavy atom. The zero-order chi connectivity index (χ0) is 9.97. The molecule has 76 valence electrons. The lowest BCUT2D eigenvalue weighted by atomic mass is 9.89. The minimum Gasteiger partial charge on any atom is -0.359 e. The Bertz CT molecular complexity index is 289. The molecule has 0 bridgehead atoms. The predicted octanol–water partition coefficient (Wildman–Crippen LogP) is 0.679. The maximum absolute atomic E-state index is 4.02. The molecule has 1 fully saturated rings. The molecule has 0 amide bonds. The van der Waals surface area contributed by atoms with E-state index in [1.807, 2.05) is 6.92 Å². The Morgan fingerprint density at radius 2 is 2.14 bits per heavy atom. The van der Waals surface area contributed by atoms with Crippen molar-refractivity contribution in [2.45, 2.75) is 25.8 Å². The van der Waals surface area contributed by atoms with Crippen LogP contribution < -0.4 is 5.32 Å². The van der Waals surface area contributed by atoms with Crippen molar-refractivity contribution >= 4 is 5.84 Å². The molecule has 2 heterocycles. The minimum absolute atomic E-state index is 0.334. The molecule has 0 aromatic rings. The Kier molecular flexibility index (Phi) is 2.74. The van der Waals surface area contributed by atoms with Gasteiger partial charge in [0.2, 0.25) is 0 Å².